The molecule has 0 aliphatic carbocycles. The molecule has 7 nitrogen and oxygen atoms in total. The summed E-state index contributed by atoms with van der Waals surface area (Å²) >= 11 is 0. The summed E-state index contributed by atoms with van der Waals surface area (Å²) < 4.78 is 29.9. The predicted octanol–water partition coefficient (Wildman–Crippen LogP) is 4.75. The molecule has 2 heterocycles. The molecule has 166 valence electrons. The van der Waals surface area contributed by atoms with Crippen molar-refractivity contribution in [3.63, 3.8) is 0 Å². The summed E-state index contributed by atoms with van der Waals surface area (Å²) in [6, 6.07) is 24.5. The molecule has 33 heavy (non-hydrogen) atoms. The van der Waals surface area contributed by atoms with Crippen molar-refractivity contribution in [3.8, 4) is 0 Å². The van der Waals surface area contributed by atoms with E-state index in [1.807, 2.05) is 68.4 Å². The van der Waals surface area contributed by atoms with Gasteiger partial charge in [-0.25, -0.2) is 17.8 Å². The number of hydrogen-bond acceptors (Lipinski definition) is 5. The summed E-state index contributed by atoms with van der Waals surface area (Å²) in [5.41, 5.74) is 5.05. The molecule has 5 rings (SSSR count). The SMILES string of the molecule is Cc1ccc(C2C=C(c3ccccc3)Nc3nc(NS(=O)(=O)c4ccc(C)cc4)nn32)cc1. The van der Waals surface area contributed by atoms with Crippen LogP contribution in [0, 0.1) is 13.8 Å². The minimum absolute atomic E-state index is 0.0119. The molecule has 1 aliphatic heterocycles. The fourth-order valence-electron chi connectivity index (χ4n) is 3.72. The van der Waals surface area contributed by atoms with Crippen LogP contribution in [0.2, 0.25) is 0 Å². The zero-order valence-corrected chi connectivity index (χ0v) is 19.0. The van der Waals surface area contributed by atoms with Crippen molar-refractivity contribution in [3.05, 3.63) is 107 Å². The number of aromatic nitrogens is 3. The smallest absolute Gasteiger partial charge is 0.264 e. The maximum atomic E-state index is 12.9. The van der Waals surface area contributed by atoms with E-state index in [1.165, 1.54) is 0 Å². The zero-order chi connectivity index (χ0) is 23.0. The molecule has 0 fully saturated rings. The van der Waals surface area contributed by atoms with Crippen LogP contribution < -0.4 is 10.0 Å². The molecule has 2 N–H and O–H groups in total. The van der Waals surface area contributed by atoms with Gasteiger partial charge in [-0.05, 0) is 43.2 Å². The van der Waals surface area contributed by atoms with E-state index in [9.17, 15) is 8.42 Å². The predicted molar refractivity (Wildman–Crippen MR) is 129 cm³/mol. The summed E-state index contributed by atoms with van der Waals surface area (Å²) in [6.07, 6.45) is 2.07. The average molecular weight is 458 g/mol. The summed E-state index contributed by atoms with van der Waals surface area (Å²) in [5, 5.41) is 7.79. The molecule has 4 aromatic rings. The van der Waals surface area contributed by atoms with Crippen LogP contribution in [0.25, 0.3) is 5.70 Å². The lowest BCUT2D eigenvalue weighted by Gasteiger charge is -2.24. The largest absolute Gasteiger partial charge is 0.324 e. The molecular formula is C25H23N5O2S. The number of benzene rings is 3. The van der Waals surface area contributed by atoms with Gasteiger partial charge in [0.1, 0.15) is 6.04 Å². The minimum Gasteiger partial charge on any atom is -0.324 e. The molecule has 1 aromatic heterocycles. The van der Waals surface area contributed by atoms with Gasteiger partial charge in [-0.3, -0.25) is 0 Å². The molecule has 0 saturated carbocycles. The van der Waals surface area contributed by atoms with Gasteiger partial charge in [0.05, 0.1) is 4.90 Å². The van der Waals surface area contributed by atoms with Crippen LogP contribution in [-0.4, -0.2) is 23.2 Å². The molecule has 1 atom stereocenters. The Morgan fingerprint density at radius 2 is 1.52 bits per heavy atom. The van der Waals surface area contributed by atoms with E-state index < -0.39 is 10.0 Å². The van der Waals surface area contributed by atoms with E-state index in [0.29, 0.717) is 5.95 Å². The van der Waals surface area contributed by atoms with E-state index in [0.717, 1.165) is 28.0 Å². The number of allylic oxidation sites excluding steroid dienone is 1. The van der Waals surface area contributed by atoms with Gasteiger partial charge in [0.25, 0.3) is 16.0 Å². The molecule has 0 bridgehead atoms. The fraction of sp³-hybridized carbons (Fsp3) is 0.120. The van der Waals surface area contributed by atoms with E-state index in [2.05, 4.69) is 26.2 Å². The average Bonchev–Trinajstić information content (AvgIpc) is 3.21. The molecule has 0 radical (unpaired) electrons. The number of aryl methyl sites for hydroxylation is 2. The third-order valence-corrected chi connectivity index (χ3v) is 6.87. The van der Waals surface area contributed by atoms with Crippen molar-refractivity contribution >= 4 is 27.6 Å². The molecule has 1 unspecified atom stereocenters. The number of fused-ring (bicyclic) bond motifs is 1. The zero-order valence-electron chi connectivity index (χ0n) is 18.2. The Morgan fingerprint density at radius 1 is 0.879 bits per heavy atom. The number of nitrogens with zero attached hydrogens (tertiary/aromatic N) is 3. The van der Waals surface area contributed by atoms with Crippen LogP contribution in [0.15, 0.2) is 89.8 Å². The van der Waals surface area contributed by atoms with Gasteiger partial charge in [0.2, 0.25) is 5.95 Å². The standard InChI is InChI=1S/C25H23N5O2S/c1-17-8-12-20(13-9-17)23-16-22(19-6-4-3-5-7-19)26-25-27-24(28-30(23)25)29-33(31,32)21-14-10-18(2)11-15-21/h3-16,23H,1-2H3,(H2,26,27,28,29). The quantitative estimate of drug-likeness (QED) is 0.451. The Balaban J connectivity index is 1.53. The van der Waals surface area contributed by atoms with Gasteiger partial charge in [0, 0.05) is 5.70 Å². The van der Waals surface area contributed by atoms with Crippen molar-refractivity contribution in [1.29, 1.82) is 0 Å². The summed E-state index contributed by atoms with van der Waals surface area (Å²) in [7, 11) is -3.82. The highest BCUT2D eigenvalue weighted by Crippen LogP contribution is 2.33. The van der Waals surface area contributed by atoms with Crippen LogP contribution in [0.3, 0.4) is 0 Å². The van der Waals surface area contributed by atoms with E-state index in [4.69, 9.17) is 0 Å². The first-order chi connectivity index (χ1) is 15.9. The third kappa shape index (κ3) is 4.25. The lowest BCUT2D eigenvalue weighted by molar-refractivity contribution is 0.598. The maximum Gasteiger partial charge on any atom is 0.264 e. The summed E-state index contributed by atoms with van der Waals surface area (Å²) in [5.74, 6) is 0.474. The van der Waals surface area contributed by atoms with Crippen molar-refractivity contribution in [2.45, 2.75) is 24.8 Å². The Bertz CT molecular complexity index is 1420. The Morgan fingerprint density at radius 3 is 2.18 bits per heavy atom. The van der Waals surface area contributed by atoms with Gasteiger partial charge >= 0.3 is 0 Å². The first kappa shape index (κ1) is 21.0. The van der Waals surface area contributed by atoms with Crippen molar-refractivity contribution < 1.29 is 8.42 Å². The van der Waals surface area contributed by atoms with Crippen LogP contribution >= 0.6 is 0 Å². The van der Waals surface area contributed by atoms with Crippen LogP contribution in [0.1, 0.15) is 28.3 Å². The Kier molecular flexibility index (Phi) is 5.22. The molecular weight excluding hydrogens is 434 g/mol. The number of anilines is 2. The summed E-state index contributed by atoms with van der Waals surface area (Å²) in [4.78, 5) is 4.62. The number of hydrogen-bond donors (Lipinski definition) is 2. The van der Waals surface area contributed by atoms with Gasteiger partial charge in [-0.15, -0.1) is 5.10 Å². The molecule has 8 heteroatoms. The monoisotopic (exact) mass is 457 g/mol. The topological polar surface area (TPSA) is 88.9 Å². The molecule has 0 saturated heterocycles. The van der Waals surface area contributed by atoms with Gasteiger partial charge in [-0.2, -0.15) is 4.98 Å². The third-order valence-electron chi connectivity index (χ3n) is 5.53. The maximum absolute atomic E-state index is 12.9. The fourth-order valence-corrected chi connectivity index (χ4v) is 4.66. The van der Waals surface area contributed by atoms with Gasteiger partial charge in [0.15, 0.2) is 0 Å². The number of nitrogens with one attached hydrogen (secondary N) is 2. The van der Waals surface area contributed by atoms with Crippen LogP contribution in [0.5, 0.6) is 0 Å². The highest BCUT2D eigenvalue weighted by Gasteiger charge is 2.27. The van der Waals surface area contributed by atoms with Crippen LogP contribution in [-0.2, 0) is 10.0 Å². The van der Waals surface area contributed by atoms with Gasteiger partial charge in [-0.1, -0.05) is 77.9 Å². The first-order valence-corrected chi connectivity index (χ1v) is 12.0. The normalized spacial score (nSPS) is 15.3. The van der Waals surface area contributed by atoms with Crippen molar-refractivity contribution in [2.24, 2.45) is 0 Å². The number of sulfonamides is 1. The highest BCUT2D eigenvalue weighted by atomic mass is 32.2. The Hall–Kier alpha value is -3.91. The molecule has 1 aliphatic rings. The second-order valence-electron chi connectivity index (χ2n) is 8.05. The van der Waals surface area contributed by atoms with Crippen LogP contribution in [0.4, 0.5) is 11.9 Å². The summed E-state index contributed by atoms with van der Waals surface area (Å²) in [6.45, 7) is 3.94. The minimum atomic E-state index is -3.82. The lowest BCUT2D eigenvalue weighted by Crippen LogP contribution is -2.20. The van der Waals surface area contributed by atoms with E-state index in [1.54, 1.807) is 28.9 Å². The second-order valence-corrected chi connectivity index (χ2v) is 9.73. The highest BCUT2D eigenvalue weighted by molar-refractivity contribution is 7.92. The second kappa shape index (κ2) is 8.22. The van der Waals surface area contributed by atoms with E-state index >= 15 is 0 Å². The lowest BCUT2D eigenvalue weighted by atomic mass is 10.0. The Labute approximate surface area is 192 Å². The molecule has 3 aromatic carbocycles. The van der Waals surface area contributed by atoms with Gasteiger partial charge < -0.3 is 5.32 Å². The van der Waals surface area contributed by atoms with Crippen molar-refractivity contribution in [1.82, 2.24) is 14.8 Å². The van der Waals surface area contributed by atoms with Crippen molar-refractivity contribution in [2.75, 3.05) is 10.0 Å². The molecule has 0 spiro atoms. The number of rotatable bonds is 5. The molecule has 0 amide bonds. The first-order valence-electron chi connectivity index (χ1n) is 10.6. The van der Waals surface area contributed by atoms with E-state index in [-0.39, 0.29) is 16.9 Å².